The molecule has 1 aliphatic rings. The Morgan fingerprint density at radius 1 is 1.47 bits per heavy atom. The smallest absolute Gasteiger partial charge is 0.159 e. The summed E-state index contributed by atoms with van der Waals surface area (Å²) < 4.78 is 5.72. The van der Waals surface area contributed by atoms with Crippen molar-refractivity contribution in [3.63, 3.8) is 0 Å². The minimum absolute atomic E-state index is 0.0752. The van der Waals surface area contributed by atoms with Crippen molar-refractivity contribution in [1.29, 1.82) is 0 Å². The Hall–Kier alpha value is -1.35. The van der Waals surface area contributed by atoms with Crippen molar-refractivity contribution in [1.82, 2.24) is 4.90 Å². The number of carbonyl (C=O) groups excluding carboxylic acids is 1. The molecular weight excluding hydrogens is 190 g/mol. The maximum atomic E-state index is 11.2. The zero-order valence-corrected chi connectivity index (χ0v) is 9.06. The van der Waals surface area contributed by atoms with Crippen molar-refractivity contribution < 1.29 is 9.53 Å². The van der Waals surface area contributed by atoms with Crippen molar-refractivity contribution in [2.24, 2.45) is 0 Å². The highest BCUT2D eigenvalue weighted by Crippen LogP contribution is 2.18. The summed E-state index contributed by atoms with van der Waals surface area (Å²) in [6.45, 7) is 3.49. The molecule has 1 aromatic carbocycles. The van der Waals surface area contributed by atoms with Crippen LogP contribution in [0.3, 0.4) is 0 Å². The molecule has 3 nitrogen and oxygen atoms in total. The molecule has 1 saturated heterocycles. The molecule has 0 spiro atoms. The van der Waals surface area contributed by atoms with Gasteiger partial charge in [-0.2, -0.15) is 0 Å². The molecule has 15 heavy (non-hydrogen) atoms. The highest BCUT2D eigenvalue weighted by atomic mass is 16.5. The topological polar surface area (TPSA) is 29.5 Å². The highest BCUT2D eigenvalue weighted by molar-refractivity contribution is 5.94. The normalized spacial score (nSPS) is 17.2. The molecule has 0 amide bonds. The molecule has 1 aliphatic heterocycles. The molecule has 0 aromatic heterocycles. The minimum atomic E-state index is 0.0752. The van der Waals surface area contributed by atoms with Gasteiger partial charge < -0.3 is 4.74 Å². The second-order valence-corrected chi connectivity index (χ2v) is 4.05. The minimum Gasteiger partial charge on any atom is -0.488 e. The molecule has 0 saturated carbocycles. The van der Waals surface area contributed by atoms with E-state index in [-0.39, 0.29) is 11.9 Å². The molecule has 1 fully saturated rings. The summed E-state index contributed by atoms with van der Waals surface area (Å²) in [5.41, 5.74) is 0.708. The van der Waals surface area contributed by atoms with E-state index in [0.29, 0.717) is 5.56 Å². The summed E-state index contributed by atoms with van der Waals surface area (Å²) in [7, 11) is 2.06. The number of ketones is 1. The molecule has 0 aliphatic carbocycles. The summed E-state index contributed by atoms with van der Waals surface area (Å²) in [5.74, 6) is 0.868. The number of Topliss-reactive ketones (excluding diaryl/α,β-unsaturated/α-hetero) is 1. The van der Waals surface area contributed by atoms with Gasteiger partial charge >= 0.3 is 0 Å². The number of hydrogen-bond donors (Lipinski definition) is 0. The van der Waals surface area contributed by atoms with Crippen molar-refractivity contribution in [2.75, 3.05) is 20.1 Å². The predicted molar refractivity (Wildman–Crippen MR) is 58.4 cm³/mol. The lowest BCUT2D eigenvalue weighted by molar-refractivity contribution is 0.0387. The summed E-state index contributed by atoms with van der Waals surface area (Å²) in [6, 6.07) is 7.36. The SMILES string of the molecule is CC(=O)c1cccc(OC2CN(C)C2)c1. The molecule has 0 radical (unpaired) electrons. The number of likely N-dealkylation sites (tertiary alicyclic amines) is 1. The van der Waals surface area contributed by atoms with Crippen LogP contribution in [0.25, 0.3) is 0 Å². The second-order valence-electron chi connectivity index (χ2n) is 4.05. The summed E-state index contributed by atoms with van der Waals surface area (Å²) >= 11 is 0. The summed E-state index contributed by atoms with van der Waals surface area (Å²) in [4.78, 5) is 13.3. The van der Waals surface area contributed by atoms with Crippen LogP contribution >= 0.6 is 0 Å². The van der Waals surface area contributed by atoms with E-state index < -0.39 is 0 Å². The lowest BCUT2D eigenvalue weighted by Gasteiger charge is -2.36. The van der Waals surface area contributed by atoms with E-state index in [4.69, 9.17) is 4.74 Å². The molecule has 0 atom stereocenters. The third-order valence-corrected chi connectivity index (χ3v) is 2.57. The van der Waals surface area contributed by atoms with Crippen LogP contribution in [0.1, 0.15) is 17.3 Å². The summed E-state index contributed by atoms with van der Waals surface area (Å²) in [5, 5.41) is 0. The van der Waals surface area contributed by atoms with Crippen LogP contribution in [0.4, 0.5) is 0 Å². The standard InChI is InChI=1S/C12H15NO2/c1-9(14)10-4-3-5-11(6-10)15-12-7-13(2)8-12/h3-6,12H,7-8H2,1-2H3. The second kappa shape index (κ2) is 4.03. The van der Waals surface area contributed by atoms with Crippen molar-refractivity contribution in [3.8, 4) is 5.75 Å². The van der Waals surface area contributed by atoms with Gasteiger partial charge in [0.2, 0.25) is 0 Å². The van der Waals surface area contributed by atoms with Gasteiger partial charge in [0.25, 0.3) is 0 Å². The monoisotopic (exact) mass is 205 g/mol. The van der Waals surface area contributed by atoms with Gasteiger partial charge in [-0.15, -0.1) is 0 Å². The van der Waals surface area contributed by atoms with Crippen LogP contribution in [-0.4, -0.2) is 36.9 Å². The quantitative estimate of drug-likeness (QED) is 0.702. The van der Waals surface area contributed by atoms with E-state index in [1.165, 1.54) is 0 Å². The Kier molecular flexibility index (Phi) is 2.73. The maximum absolute atomic E-state index is 11.2. The van der Waals surface area contributed by atoms with E-state index in [2.05, 4.69) is 11.9 Å². The highest BCUT2D eigenvalue weighted by Gasteiger charge is 2.24. The predicted octanol–water partition coefficient (Wildman–Crippen LogP) is 1.58. The van der Waals surface area contributed by atoms with E-state index in [1.807, 2.05) is 18.2 Å². The van der Waals surface area contributed by atoms with Crippen LogP contribution in [0.15, 0.2) is 24.3 Å². The Balaban J connectivity index is 2.02. The van der Waals surface area contributed by atoms with E-state index >= 15 is 0 Å². The van der Waals surface area contributed by atoms with Crippen LogP contribution < -0.4 is 4.74 Å². The van der Waals surface area contributed by atoms with Crippen LogP contribution in [-0.2, 0) is 0 Å². The van der Waals surface area contributed by atoms with Gasteiger partial charge in [0, 0.05) is 18.7 Å². The van der Waals surface area contributed by atoms with Gasteiger partial charge in [-0.05, 0) is 26.1 Å². The van der Waals surface area contributed by atoms with Crippen LogP contribution in [0, 0.1) is 0 Å². The number of carbonyl (C=O) groups is 1. The third-order valence-electron chi connectivity index (χ3n) is 2.57. The third kappa shape index (κ3) is 2.36. The first-order valence-electron chi connectivity index (χ1n) is 5.11. The van der Waals surface area contributed by atoms with Crippen molar-refractivity contribution in [3.05, 3.63) is 29.8 Å². The molecule has 3 heteroatoms. The van der Waals surface area contributed by atoms with Crippen LogP contribution in [0.5, 0.6) is 5.75 Å². The first-order chi connectivity index (χ1) is 7.15. The zero-order chi connectivity index (χ0) is 10.8. The number of rotatable bonds is 3. The van der Waals surface area contributed by atoms with Gasteiger partial charge in [-0.25, -0.2) is 0 Å². The Labute approximate surface area is 89.7 Å². The number of hydrogen-bond acceptors (Lipinski definition) is 3. The first kappa shape index (κ1) is 10.2. The van der Waals surface area contributed by atoms with Crippen LogP contribution in [0.2, 0.25) is 0 Å². The number of benzene rings is 1. The van der Waals surface area contributed by atoms with Crippen molar-refractivity contribution in [2.45, 2.75) is 13.0 Å². The maximum Gasteiger partial charge on any atom is 0.159 e. The molecule has 0 unspecified atom stereocenters. The summed E-state index contributed by atoms with van der Waals surface area (Å²) in [6.07, 6.45) is 0.275. The molecular formula is C12H15NO2. The van der Waals surface area contributed by atoms with Gasteiger partial charge in [-0.3, -0.25) is 9.69 Å². The lowest BCUT2D eigenvalue weighted by atomic mass is 10.1. The lowest BCUT2D eigenvalue weighted by Crippen LogP contribution is -2.51. The average Bonchev–Trinajstić information content (AvgIpc) is 2.16. The van der Waals surface area contributed by atoms with E-state index in [9.17, 15) is 4.79 Å². The zero-order valence-electron chi connectivity index (χ0n) is 9.06. The van der Waals surface area contributed by atoms with E-state index in [1.54, 1.807) is 13.0 Å². The molecule has 0 bridgehead atoms. The Bertz CT molecular complexity index is 370. The van der Waals surface area contributed by atoms with Gasteiger partial charge in [0.05, 0.1) is 0 Å². The number of nitrogens with zero attached hydrogens (tertiary/aromatic N) is 1. The number of ether oxygens (including phenoxy) is 1. The molecule has 2 rings (SSSR count). The average molecular weight is 205 g/mol. The van der Waals surface area contributed by atoms with Gasteiger partial charge in [0.15, 0.2) is 5.78 Å². The fourth-order valence-corrected chi connectivity index (χ4v) is 1.70. The Morgan fingerprint density at radius 2 is 2.20 bits per heavy atom. The molecule has 0 N–H and O–H groups in total. The molecule has 1 heterocycles. The fraction of sp³-hybridized carbons (Fsp3) is 0.417. The fourth-order valence-electron chi connectivity index (χ4n) is 1.70. The van der Waals surface area contributed by atoms with Gasteiger partial charge in [-0.1, -0.05) is 12.1 Å². The first-order valence-corrected chi connectivity index (χ1v) is 5.11. The largest absolute Gasteiger partial charge is 0.488 e. The number of likely N-dealkylation sites (N-methyl/N-ethyl adjacent to an activating group) is 1. The molecule has 80 valence electrons. The van der Waals surface area contributed by atoms with Crippen molar-refractivity contribution >= 4 is 5.78 Å². The molecule has 1 aromatic rings. The van der Waals surface area contributed by atoms with E-state index in [0.717, 1.165) is 18.8 Å². The van der Waals surface area contributed by atoms with Gasteiger partial charge in [0.1, 0.15) is 11.9 Å². The Morgan fingerprint density at radius 3 is 2.80 bits per heavy atom.